The number of hydrogen-bond acceptors (Lipinski definition) is 5. The summed E-state index contributed by atoms with van der Waals surface area (Å²) in [4.78, 5) is 44.9. The summed E-state index contributed by atoms with van der Waals surface area (Å²) >= 11 is 1.60. The molecule has 0 spiro atoms. The van der Waals surface area contributed by atoms with Gasteiger partial charge in [0.1, 0.15) is 5.56 Å². The number of Topliss-reactive ketones (excluding diaryl/α,β-unsaturated/α-hetero) is 1. The average Bonchev–Trinajstić information content (AvgIpc) is 2.72. The Bertz CT molecular complexity index is 1200. The third-order valence-electron chi connectivity index (χ3n) is 5.17. The molecule has 2 aromatic heterocycles. The maximum atomic E-state index is 12.8. The van der Waals surface area contributed by atoms with Gasteiger partial charge in [0.2, 0.25) is 0 Å². The summed E-state index contributed by atoms with van der Waals surface area (Å²) in [7, 11) is 0. The molecule has 0 saturated carbocycles. The van der Waals surface area contributed by atoms with Crippen molar-refractivity contribution in [3.05, 3.63) is 87.5 Å². The molecular weight excluding hydrogens is 410 g/mol. The summed E-state index contributed by atoms with van der Waals surface area (Å²) in [6.07, 6.45) is 2.74. The SMILES string of the molecule is CC1(C)CC(=O)c2cc(C(=O)Nc3cccc(CSc4ccccn4)c3)c(=O)[nH]c2C1. The van der Waals surface area contributed by atoms with Gasteiger partial charge in [-0.2, -0.15) is 0 Å². The fourth-order valence-electron chi connectivity index (χ4n) is 3.72. The van der Waals surface area contributed by atoms with Gasteiger partial charge in [-0.1, -0.05) is 32.0 Å². The summed E-state index contributed by atoms with van der Waals surface area (Å²) in [6, 6.07) is 14.7. The number of ketones is 1. The van der Waals surface area contributed by atoms with Crippen molar-refractivity contribution in [2.75, 3.05) is 5.32 Å². The molecule has 0 atom stereocenters. The fourth-order valence-corrected chi connectivity index (χ4v) is 4.53. The number of carbonyl (C=O) groups is 2. The third-order valence-corrected chi connectivity index (χ3v) is 6.19. The number of aromatic nitrogens is 2. The lowest BCUT2D eigenvalue weighted by Gasteiger charge is -2.29. The van der Waals surface area contributed by atoms with Crippen molar-refractivity contribution in [1.29, 1.82) is 0 Å². The van der Waals surface area contributed by atoms with Gasteiger partial charge in [-0.05, 0) is 47.7 Å². The standard InChI is InChI=1S/C24H23N3O3S/c1-24(2)12-19-17(20(28)13-24)11-18(23(30)27-19)22(29)26-16-7-5-6-15(10-16)14-31-21-8-3-4-9-25-21/h3-11H,12-14H2,1-2H3,(H,26,29)(H,27,30). The second-order valence-corrected chi connectivity index (χ2v) is 9.45. The Labute approximate surface area is 184 Å². The highest BCUT2D eigenvalue weighted by Crippen LogP contribution is 2.33. The molecule has 4 rings (SSSR count). The number of benzene rings is 1. The molecule has 7 heteroatoms. The van der Waals surface area contributed by atoms with Crippen LogP contribution in [0.15, 0.2) is 64.5 Å². The van der Waals surface area contributed by atoms with E-state index < -0.39 is 11.5 Å². The van der Waals surface area contributed by atoms with E-state index in [1.54, 1.807) is 24.0 Å². The van der Waals surface area contributed by atoms with Gasteiger partial charge in [-0.3, -0.25) is 14.4 Å². The van der Waals surface area contributed by atoms with Gasteiger partial charge in [0.25, 0.3) is 11.5 Å². The third kappa shape index (κ3) is 4.94. The average molecular weight is 434 g/mol. The van der Waals surface area contributed by atoms with E-state index in [0.717, 1.165) is 10.6 Å². The Balaban J connectivity index is 1.51. The summed E-state index contributed by atoms with van der Waals surface area (Å²) in [5, 5.41) is 3.70. The molecule has 3 aromatic rings. The summed E-state index contributed by atoms with van der Waals surface area (Å²) in [5.41, 5.74) is 1.91. The van der Waals surface area contributed by atoms with E-state index in [0.29, 0.717) is 35.5 Å². The van der Waals surface area contributed by atoms with Crippen LogP contribution in [0.2, 0.25) is 0 Å². The Hall–Kier alpha value is -3.19. The van der Waals surface area contributed by atoms with Gasteiger partial charge < -0.3 is 10.3 Å². The number of aromatic amines is 1. The lowest BCUT2D eigenvalue weighted by Crippen LogP contribution is -2.32. The molecule has 0 fully saturated rings. The zero-order valence-corrected chi connectivity index (χ0v) is 18.2. The number of thioether (sulfide) groups is 1. The first-order valence-electron chi connectivity index (χ1n) is 10.0. The van der Waals surface area contributed by atoms with Crippen LogP contribution in [0.5, 0.6) is 0 Å². The van der Waals surface area contributed by atoms with Crippen molar-refractivity contribution in [3.8, 4) is 0 Å². The molecule has 2 N–H and O–H groups in total. The first kappa shape index (κ1) is 21.1. The number of amides is 1. The lowest BCUT2D eigenvalue weighted by molar-refractivity contribution is 0.0910. The largest absolute Gasteiger partial charge is 0.325 e. The van der Waals surface area contributed by atoms with E-state index in [-0.39, 0.29) is 16.8 Å². The van der Waals surface area contributed by atoms with Gasteiger partial charge in [0, 0.05) is 35.3 Å². The number of hydrogen-bond donors (Lipinski definition) is 2. The van der Waals surface area contributed by atoms with Crippen LogP contribution in [0.25, 0.3) is 0 Å². The van der Waals surface area contributed by atoms with E-state index in [4.69, 9.17) is 0 Å². The highest BCUT2D eigenvalue weighted by molar-refractivity contribution is 7.98. The predicted molar refractivity (Wildman–Crippen MR) is 122 cm³/mol. The smallest absolute Gasteiger partial charge is 0.261 e. The number of anilines is 1. The molecule has 31 heavy (non-hydrogen) atoms. The number of nitrogens with one attached hydrogen (secondary N) is 2. The second-order valence-electron chi connectivity index (χ2n) is 8.46. The van der Waals surface area contributed by atoms with E-state index >= 15 is 0 Å². The van der Waals surface area contributed by atoms with Crippen LogP contribution in [0, 0.1) is 5.41 Å². The first-order chi connectivity index (χ1) is 14.8. The van der Waals surface area contributed by atoms with Gasteiger partial charge in [0.05, 0.1) is 5.03 Å². The molecule has 2 heterocycles. The zero-order valence-electron chi connectivity index (χ0n) is 17.4. The molecule has 0 aliphatic heterocycles. The maximum Gasteiger partial charge on any atom is 0.261 e. The van der Waals surface area contributed by atoms with Crippen molar-refractivity contribution < 1.29 is 9.59 Å². The Morgan fingerprint density at radius 1 is 1.13 bits per heavy atom. The molecular formula is C24H23N3O3S. The minimum atomic E-state index is -0.531. The van der Waals surface area contributed by atoms with Gasteiger partial charge in [-0.25, -0.2) is 4.98 Å². The van der Waals surface area contributed by atoms with Crippen LogP contribution < -0.4 is 10.9 Å². The number of nitrogens with zero attached hydrogens (tertiary/aromatic N) is 1. The maximum absolute atomic E-state index is 12.8. The van der Waals surface area contributed by atoms with Crippen LogP contribution in [0.1, 0.15) is 52.2 Å². The molecule has 1 aliphatic rings. The van der Waals surface area contributed by atoms with E-state index in [1.807, 2.05) is 50.2 Å². The molecule has 0 unspecified atom stereocenters. The van der Waals surface area contributed by atoms with Gasteiger partial charge in [-0.15, -0.1) is 11.8 Å². The molecule has 0 radical (unpaired) electrons. The molecule has 158 valence electrons. The van der Waals surface area contributed by atoms with Crippen molar-refractivity contribution in [1.82, 2.24) is 9.97 Å². The topological polar surface area (TPSA) is 91.9 Å². The number of pyridine rings is 2. The minimum absolute atomic E-state index is 0.0508. The Morgan fingerprint density at radius 3 is 2.74 bits per heavy atom. The van der Waals surface area contributed by atoms with Crippen molar-refractivity contribution >= 4 is 29.1 Å². The summed E-state index contributed by atoms with van der Waals surface area (Å²) < 4.78 is 0. The zero-order chi connectivity index (χ0) is 22.0. The first-order valence-corrected chi connectivity index (χ1v) is 11.0. The van der Waals surface area contributed by atoms with Crippen LogP contribution >= 0.6 is 11.8 Å². The fraction of sp³-hybridized carbons (Fsp3) is 0.250. The number of fused-ring (bicyclic) bond motifs is 1. The Kier molecular flexibility index (Phi) is 5.78. The van der Waals surface area contributed by atoms with Crippen molar-refractivity contribution in [2.24, 2.45) is 5.41 Å². The molecule has 0 saturated heterocycles. The second kappa shape index (κ2) is 8.51. The van der Waals surface area contributed by atoms with Gasteiger partial charge >= 0.3 is 0 Å². The van der Waals surface area contributed by atoms with Gasteiger partial charge in [0.15, 0.2) is 5.78 Å². The highest BCUT2D eigenvalue weighted by Gasteiger charge is 2.32. The molecule has 1 aliphatic carbocycles. The molecule has 6 nitrogen and oxygen atoms in total. The normalized spacial score (nSPS) is 14.7. The monoisotopic (exact) mass is 433 g/mol. The number of carbonyl (C=O) groups excluding carboxylic acids is 2. The number of rotatable bonds is 5. The van der Waals surface area contributed by atoms with Crippen LogP contribution in [-0.2, 0) is 12.2 Å². The molecule has 0 bridgehead atoms. The summed E-state index contributed by atoms with van der Waals surface area (Å²) in [6.45, 7) is 3.98. The molecule has 1 aromatic carbocycles. The van der Waals surface area contributed by atoms with E-state index in [1.165, 1.54) is 6.07 Å². The van der Waals surface area contributed by atoms with Crippen molar-refractivity contribution in [2.45, 2.75) is 37.5 Å². The van der Waals surface area contributed by atoms with Crippen LogP contribution in [0.3, 0.4) is 0 Å². The van der Waals surface area contributed by atoms with E-state index in [2.05, 4.69) is 15.3 Å². The van der Waals surface area contributed by atoms with Crippen LogP contribution in [0.4, 0.5) is 5.69 Å². The van der Waals surface area contributed by atoms with Crippen molar-refractivity contribution in [3.63, 3.8) is 0 Å². The quantitative estimate of drug-likeness (QED) is 0.579. The van der Waals surface area contributed by atoms with E-state index in [9.17, 15) is 14.4 Å². The number of H-pyrrole nitrogens is 1. The Morgan fingerprint density at radius 2 is 1.97 bits per heavy atom. The summed E-state index contributed by atoms with van der Waals surface area (Å²) in [5.74, 6) is 0.117. The molecule has 1 amide bonds. The van der Waals surface area contributed by atoms with Crippen LogP contribution in [-0.4, -0.2) is 21.7 Å². The predicted octanol–water partition coefficient (Wildman–Crippen LogP) is 4.47. The lowest BCUT2D eigenvalue weighted by atomic mass is 9.75. The highest BCUT2D eigenvalue weighted by atomic mass is 32.2. The minimum Gasteiger partial charge on any atom is -0.325 e.